The van der Waals surface area contributed by atoms with Gasteiger partial charge in [0.25, 0.3) is 0 Å². The molecule has 0 atom stereocenters. The maximum atomic E-state index is 5.21. The van der Waals surface area contributed by atoms with Crippen molar-refractivity contribution in [2.45, 2.75) is 6.92 Å². The Hall–Kier alpha value is -5.41. The van der Waals surface area contributed by atoms with Crippen molar-refractivity contribution < 1.29 is 0 Å². The van der Waals surface area contributed by atoms with E-state index in [-0.39, 0.29) is 0 Å². The molecule has 41 heavy (non-hydrogen) atoms. The molecule has 0 saturated heterocycles. The Balaban J connectivity index is 1.40. The van der Waals surface area contributed by atoms with Crippen LogP contribution in [-0.2, 0) is 0 Å². The number of aryl methyl sites for hydroxylation is 1. The third-order valence-electron chi connectivity index (χ3n) is 8.64. The van der Waals surface area contributed by atoms with Crippen molar-refractivity contribution in [1.29, 1.82) is 0 Å². The van der Waals surface area contributed by atoms with Gasteiger partial charge in [-0.25, -0.2) is 4.98 Å². The fourth-order valence-corrected chi connectivity index (χ4v) is 6.81. The van der Waals surface area contributed by atoms with E-state index in [9.17, 15) is 0 Å². The third kappa shape index (κ3) is 3.06. The second-order valence-electron chi connectivity index (χ2n) is 10.9. The summed E-state index contributed by atoms with van der Waals surface area (Å²) in [5.41, 5.74) is 16.8. The summed E-state index contributed by atoms with van der Waals surface area (Å²) >= 11 is 0. The van der Waals surface area contributed by atoms with Crippen LogP contribution in [0.2, 0.25) is 0 Å². The van der Waals surface area contributed by atoms with Gasteiger partial charge in [0.2, 0.25) is 5.78 Å². The van der Waals surface area contributed by atoms with Crippen LogP contribution in [0.5, 0.6) is 0 Å². The van der Waals surface area contributed by atoms with Gasteiger partial charge in [-0.2, -0.15) is 0 Å². The van der Waals surface area contributed by atoms with Crippen LogP contribution in [-0.4, -0.2) is 14.0 Å². The van der Waals surface area contributed by atoms with Gasteiger partial charge in [0, 0.05) is 5.69 Å². The van der Waals surface area contributed by atoms with E-state index < -0.39 is 0 Å². The molecular weight excluding hydrogens is 498 g/mol. The fourth-order valence-electron chi connectivity index (χ4n) is 6.81. The average Bonchev–Trinajstić information content (AvgIpc) is 3.56. The molecule has 0 radical (unpaired) electrons. The second-order valence-corrected chi connectivity index (χ2v) is 10.9. The Morgan fingerprint density at radius 3 is 1.54 bits per heavy atom. The van der Waals surface area contributed by atoms with Crippen molar-refractivity contribution in [3.05, 3.63) is 139 Å². The first-order valence-electron chi connectivity index (χ1n) is 14.1. The third-order valence-corrected chi connectivity index (χ3v) is 8.64. The SMILES string of the molecule is Cc1cccc2c1nc1n(-c3ccc4c(c3)-c3ccccc3-c3ccccc3-c3ccccc3-4)c3ccccc3n21. The van der Waals surface area contributed by atoms with Crippen LogP contribution in [0.1, 0.15) is 5.56 Å². The van der Waals surface area contributed by atoms with Gasteiger partial charge in [-0.1, -0.05) is 103 Å². The number of rotatable bonds is 1. The number of fused-ring (bicyclic) bond motifs is 13. The normalized spacial score (nSPS) is 12.0. The van der Waals surface area contributed by atoms with Crippen LogP contribution in [0.3, 0.4) is 0 Å². The lowest BCUT2D eigenvalue weighted by molar-refractivity contribution is 1.11. The standard InChI is InChI=1S/C38H25N3/c1-24-11-10-20-36-37(24)39-38-40(34-18-8-9-19-35(34)41(36)38)25-21-22-32-30-16-5-4-14-28(30)26-12-2-3-13-27(26)29-15-6-7-17-31(29)33(32)23-25/h2-23H,1H3. The minimum absolute atomic E-state index is 0.931. The van der Waals surface area contributed by atoms with Crippen LogP contribution in [0.4, 0.5) is 0 Å². The van der Waals surface area contributed by atoms with E-state index >= 15 is 0 Å². The highest BCUT2D eigenvalue weighted by atomic mass is 15.2. The number of hydrogen-bond acceptors (Lipinski definition) is 1. The van der Waals surface area contributed by atoms with E-state index in [0.717, 1.165) is 33.5 Å². The van der Waals surface area contributed by atoms with Gasteiger partial charge in [0.15, 0.2) is 0 Å². The molecule has 0 unspecified atom stereocenters. The van der Waals surface area contributed by atoms with Crippen LogP contribution < -0.4 is 0 Å². The van der Waals surface area contributed by atoms with E-state index in [0.29, 0.717) is 0 Å². The molecule has 3 heteroatoms. The number of benzene rings is 6. The zero-order valence-corrected chi connectivity index (χ0v) is 22.5. The first kappa shape index (κ1) is 22.4. The molecule has 2 heterocycles. The molecule has 0 amide bonds. The summed E-state index contributed by atoms with van der Waals surface area (Å²) in [4.78, 5) is 5.21. The largest absolute Gasteiger partial charge is 0.278 e. The topological polar surface area (TPSA) is 22.2 Å². The van der Waals surface area contributed by atoms with Crippen molar-refractivity contribution in [3.63, 3.8) is 0 Å². The fraction of sp³-hybridized carbons (Fsp3) is 0.0263. The molecule has 0 spiro atoms. The molecule has 0 fully saturated rings. The maximum absolute atomic E-state index is 5.21. The summed E-state index contributed by atoms with van der Waals surface area (Å²) in [6, 6.07) is 48.4. The van der Waals surface area contributed by atoms with Gasteiger partial charge in [-0.05, 0) is 87.3 Å². The first-order valence-corrected chi connectivity index (χ1v) is 14.1. The van der Waals surface area contributed by atoms with Gasteiger partial charge in [-0.3, -0.25) is 8.97 Å². The lowest BCUT2D eigenvalue weighted by Crippen LogP contribution is -2.00. The molecule has 3 nitrogen and oxygen atoms in total. The molecule has 192 valence electrons. The molecule has 0 N–H and O–H groups in total. The van der Waals surface area contributed by atoms with Gasteiger partial charge >= 0.3 is 0 Å². The van der Waals surface area contributed by atoms with E-state index in [1.165, 1.54) is 50.1 Å². The highest BCUT2D eigenvalue weighted by Crippen LogP contribution is 2.48. The van der Waals surface area contributed by atoms with Crippen molar-refractivity contribution in [3.8, 4) is 50.2 Å². The molecule has 0 aliphatic heterocycles. The van der Waals surface area contributed by atoms with E-state index in [1.54, 1.807) is 0 Å². The zero-order chi connectivity index (χ0) is 27.1. The monoisotopic (exact) mass is 523 g/mol. The predicted octanol–water partition coefficient (Wildman–Crippen LogP) is 9.72. The van der Waals surface area contributed by atoms with Crippen LogP contribution in [0, 0.1) is 6.92 Å². The lowest BCUT2D eigenvalue weighted by atomic mass is 9.81. The summed E-state index contributed by atoms with van der Waals surface area (Å²) < 4.78 is 4.62. The molecule has 9 rings (SSSR count). The summed E-state index contributed by atoms with van der Waals surface area (Å²) in [5.74, 6) is 0.931. The van der Waals surface area contributed by atoms with Crippen molar-refractivity contribution >= 4 is 27.8 Å². The molecule has 6 aromatic carbocycles. The highest BCUT2D eigenvalue weighted by molar-refractivity contribution is 6.03. The molecule has 0 saturated carbocycles. The van der Waals surface area contributed by atoms with Crippen LogP contribution in [0.15, 0.2) is 133 Å². The number of aromatic nitrogens is 3. The minimum atomic E-state index is 0.931. The maximum Gasteiger partial charge on any atom is 0.220 e. The van der Waals surface area contributed by atoms with Gasteiger partial charge in [-0.15, -0.1) is 0 Å². The van der Waals surface area contributed by atoms with Crippen molar-refractivity contribution in [2.75, 3.05) is 0 Å². The predicted molar refractivity (Wildman–Crippen MR) is 170 cm³/mol. The molecule has 1 aliphatic carbocycles. The van der Waals surface area contributed by atoms with E-state index in [1.807, 2.05) is 0 Å². The Labute approximate surface area is 237 Å². The van der Waals surface area contributed by atoms with Crippen molar-refractivity contribution in [1.82, 2.24) is 14.0 Å². The zero-order valence-electron chi connectivity index (χ0n) is 22.5. The quantitative estimate of drug-likeness (QED) is 0.210. The summed E-state index contributed by atoms with van der Waals surface area (Å²) in [7, 11) is 0. The van der Waals surface area contributed by atoms with Gasteiger partial charge < -0.3 is 0 Å². The Kier molecular flexibility index (Phi) is 4.53. The molecule has 1 aliphatic rings. The summed E-state index contributed by atoms with van der Waals surface area (Å²) in [5, 5.41) is 0. The number of para-hydroxylation sites is 3. The highest BCUT2D eigenvalue weighted by Gasteiger charge is 2.23. The smallest absolute Gasteiger partial charge is 0.220 e. The number of nitrogens with zero attached hydrogens (tertiary/aromatic N) is 3. The van der Waals surface area contributed by atoms with Crippen LogP contribution in [0.25, 0.3) is 78.0 Å². The average molecular weight is 524 g/mol. The van der Waals surface area contributed by atoms with Crippen molar-refractivity contribution in [2.24, 2.45) is 0 Å². The molecule has 8 aromatic rings. The summed E-state index contributed by atoms with van der Waals surface area (Å²) in [6.45, 7) is 2.14. The molecular formula is C38H25N3. The summed E-state index contributed by atoms with van der Waals surface area (Å²) in [6.07, 6.45) is 0. The second kappa shape index (κ2) is 8.30. The molecule has 2 aromatic heterocycles. The number of hydrogen-bond donors (Lipinski definition) is 0. The first-order chi connectivity index (χ1) is 20.3. The van der Waals surface area contributed by atoms with E-state index in [4.69, 9.17) is 4.98 Å². The number of imidazole rings is 2. The van der Waals surface area contributed by atoms with Gasteiger partial charge in [0.1, 0.15) is 0 Å². The minimum Gasteiger partial charge on any atom is -0.278 e. The Bertz CT molecular complexity index is 2330. The van der Waals surface area contributed by atoms with E-state index in [2.05, 4.69) is 149 Å². The Morgan fingerprint density at radius 2 is 0.927 bits per heavy atom. The molecule has 0 bridgehead atoms. The van der Waals surface area contributed by atoms with Crippen LogP contribution >= 0.6 is 0 Å². The van der Waals surface area contributed by atoms with Gasteiger partial charge in [0.05, 0.1) is 22.1 Å². The Morgan fingerprint density at radius 1 is 0.439 bits per heavy atom. The lowest BCUT2D eigenvalue weighted by Gasteiger charge is -2.23.